The third-order valence-electron chi connectivity index (χ3n) is 4.66. The Morgan fingerprint density at radius 2 is 1.90 bits per heavy atom. The summed E-state index contributed by atoms with van der Waals surface area (Å²) in [5.41, 5.74) is 0.563. The lowest BCUT2D eigenvalue weighted by Gasteiger charge is -2.44. The van der Waals surface area contributed by atoms with Crippen LogP contribution in [0.3, 0.4) is 0 Å². The Balaban J connectivity index is 1.68. The second kappa shape index (κ2) is 5.40. The van der Waals surface area contributed by atoms with Gasteiger partial charge in [-0.2, -0.15) is 0 Å². The van der Waals surface area contributed by atoms with Crippen LogP contribution in [-0.4, -0.2) is 42.4 Å². The largest absolute Gasteiger partial charge is 0.477 e. The van der Waals surface area contributed by atoms with Gasteiger partial charge in [0.05, 0.1) is 0 Å². The predicted octanol–water partition coefficient (Wildman–Crippen LogP) is 2.18. The summed E-state index contributed by atoms with van der Waals surface area (Å²) in [6.07, 6.45) is 4.61. The highest BCUT2D eigenvalue weighted by atomic mass is 16.5. The zero-order valence-electron chi connectivity index (χ0n) is 11.5. The average molecular weight is 276 g/mol. The van der Waals surface area contributed by atoms with Crippen LogP contribution in [0.4, 0.5) is 5.82 Å². The van der Waals surface area contributed by atoms with Crippen LogP contribution < -0.4 is 4.90 Å². The zero-order chi connectivity index (χ0) is 14.0. The minimum absolute atomic E-state index is 0.119. The van der Waals surface area contributed by atoms with Crippen molar-refractivity contribution in [3.05, 3.63) is 23.9 Å². The quantitative estimate of drug-likeness (QED) is 0.897. The molecule has 0 bridgehead atoms. The number of ether oxygens (including phenoxy) is 1. The van der Waals surface area contributed by atoms with E-state index in [0.29, 0.717) is 5.41 Å². The summed E-state index contributed by atoms with van der Waals surface area (Å²) in [4.78, 5) is 17.4. The number of aromatic carboxylic acids is 1. The lowest BCUT2D eigenvalue weighted by molar-refractivity contribution is 0.00205. The first-order valence-electron chi connectivity index (χ1n) is 7.22. The zero-order valence-corrected chi connectivity index (χ0v) is 11.5. The molecule has 1 aromatic heterocycles. The van der Waals surface area contributed by atoms with Crippen LogP contribution in [0.15, 0.2) is 18.2 Å². The number of carbonyl (C=O) groups is 1. The number of carboxylic acid groups (broad SMARTS) is 1. The number of pyridine rings is 1. The third kappa shape index (κ3) is 2.63. The molecule has 0 aliphatic carbocycles. The molecule has 3 rings (SSSR count). The van der Waals surface area contributed by atoms with E-state index < -0.39 is 5.97 Å². The molecule has 5 heteroatoms. The maximum atomic E-state index is 11.0. The van der Waals surface area contributed by atoms with E-state index in [1.165, 1.54) is 6.07 Å². The molecular formula is C15H20N2O3. The smallest absolute Gasteiger partial charge is 0.354 e. The van der Waals surface area contributed by atoms with Gasteiger partial charge in [-0.05, 0) is 43.2 Å². The minimum Gasteiger partial charge on any atom is -0.477 e. The second-order valence-electron chi connectivity index (χ2n) is 5.79. The molecule has 1 aromatic rings. The highest BCUT2D eigenvalue weighted by molar-refractivity contribution is 5.85. The lowest BCUT2D eigenvalue weighted by atomic mass is 9.72. The van der Waals surface area contributed by atoms with Gasteiger partial charge in [-0.25, -0.2) is 9.78 Å². The SMILES string of the molecule is O=C(O)c1cccc(N2CCC3(CCOCC3)CC2)n1. The fourth-order valence-electron chi connectivity index (χ4n) is 3.23. The molecule has 0 aromatic carbocycles. The van der Waals surface area contributed by atoms with Crippen LogP contribution in [0, 0.1) is 5.41 Å². The van der Waals surface area contributed by atoms with E-state index in [0.717, 1.165) is 57.8 Å². The summed E-state index contributed by atoms with van der Waals surface area (Å²) in [5, 5.41) is 9.01. The fraction of sp³-hybridized carbons (Fsp3) is 0.600. The van der Waals surface area contributed by atoms with Gasteiger partial charge < -0.3 is 14.7 Å². The van der Waals surface area contributed by atoms with Crippen LogP contribution in [0.5, 0.6) is 0 Å². The Labute approximate surface area is 118 Å². The number of hydrogen-bond donors (Lipinski definition) is 1. The van der Waals surface area contributed by atoms with Crippen LogP contribution in [0.1, 0.15) is 36.2 Å². The summed E-state index contributed by atoms with van der Waals surface area (Å²) in [7, 11) is 0. The van der Waals surface area contributed by atoms with Gasteiger partial charge in [0.1, 0.15) is 5.82 Å². The van der Waals surface area contributed by atoms with Crippen molar-refractivity contribution in [3.8, 4) is 0 Å². The van der Waals surface area contributed by atoms with Crippen LogP contribution >= 0.6 is 0 Å². The molecule has 2 aliphatic rings. The van der Waals surface area contributed by atoms with E-state index in [-0.39, 0.29) is 5.69 Å². The number of rotatable bonds is 2. The van der Waals surface area contributed by atoms with Crippen molar-refractivity contribution < 1.29 is 14.6 Å². The minimum atomic E-state index is -0.968. The number of carboxylic acids is 1. The monoisotopic (exact) mass is 276 g/mol. The molecule has 0 amide bonds. The van der Waals surface area contributed by atoms with Crippen LogP contribution in [0.2, 0.25) is 0 Å². The molecule has 3 heterocycles. The number of nitrogens with zero attached hydrogens (tertiary/aromatic N) is 2. The summed E-state index contributed by atoms with van der Waals surface area (Å²) >= 11 is 0. The molecule has 0 unspecified atom stereocenters. The van der Waals surface area contributed by atoms with Crippen molar-refractivity contribution in [2.75, 3.05) is 31.2 Å². The van der Waals surface area contributed by atoms with E-state index >= 15 is 0 Å². The Kier molecular flexibility index (Phi) is 3.61. The highest BCUT2D eigenvalue weighted by Gasteiger charge is 2.36. The van der Waals surface area contributed by atoms with E-state index in [1.807, 2.05) is 6.07 Å². The molecule has 0 radical (unpaired) electrons. The Hall–Kier alpha value is -1.62. The summed E-state index contributed by atoms with van der Waals surface area (Å²) < 4.78 is 5.46. The maximum absolute atomic E-state index is 11.0. The molecule has 2 saturated heterocycles. The Morgan fingerprint density at radius 1 is 1.20 bits per heavy atom. The van der Waals surface area contributed by atoms with Crippen molar-refractivity contribution >= 4 is 11.8 Å². The first-order chi connectivity index (χ1) is 9.69. The van der Waals surface area contributed by atoms with E-state index in [9.17, 15) is 4.79 Å². The predicted molar refractivity (Wildman–Crippen MR) is 75.1 cm³/mol. The molecular weight excluding hydrogens is 256 g/mol. The highest BCUT2D eigenvalue weighted by Crippen LogP contribution is 2.41. The second-order valence-corrected chi connectivity index (χ2v) is 5.79. The van der Waals surface area contributed by atoms with Crippen molar-refractivity contribution in [3.63, 3.8) is 0 Å². The third-order valence-corrected chi connectivity index (χ3v) is 4.66. The first-order valence-corrected chi connectivity index (χ1v) is 7.22. The topological polar surface area (TPSA) is 62.7 Å². The standard InChI is InChI=1S/C15H20N2O3/c18-14(19)12-2-1-3-13(16-12)17-8-4-15(5-9-17)6-10-20-11-7-15/h1-3H,4-11H2,(H,18,19). The van der Waals surface area contributed by atoms with Crippen molar-refractivity contribution in [2.45, 2.75) is 25.7 Å². The molecule has 2 aliphatic heterocycles. The molecule has 0 atom stereocenters. The molecule has 2 fully saturated rings. The molecule has 0 saturated carbocycles. The van der Waals surface area contributed by atoms with Gasteiger partial charge in [0.15, 0.2) is 5.69 Å². The first kappa shape index (κ1) is 13.4. The summed E-state index contributed by atoms with van der Waals surface area (Å²) in [6, 6.07) is 5.20. The van der Waals surface area contributed by atoms with Crippen LogP contribution in [0.25, 0.3) is 0 Å². The normalized spacial score (nSPS) is 21.9. The van der Waals surface area contributed by atoms with Gasteiger partial charge in [-0.15, -0.1) is 0 Å². The molecule has 1 spiro atoms. The molecule has 5 nitrogen and oxygen atoms in total. The fourth-order valence-corrected chi connectivity index (χ4v) is 3.23. The van der Waals surface area contributed by atoms with Gasteiger partial charge in [0.25, 0.3) is 0 Å². The van der Waals surface area contributed by atoms with Gasteiger partial charge in [-0.3, -0.25) is 0 Å². The Bertz CT molecular complexity index is 488. The van der Waals surface area contributed by atoms with Gasteiger partial charge in [0, 0.05) is 26.3 Å². The molecule has 20 heavy (non-hydrogen) atoms. The molecule has 108 valence electrons. The lowest BCUT2D eigenvalue weighted by Crippen LogP contribution is -2.43. The van der Waals surface area contributed by atoms with Gasteiger partial charge >= 0.3 is 5.97 Å². The number of aromatic nitrogens is 1. The van der Waals surface area contributed by atoms with Crippen molar-refractivity contribution in [1.29, 1.82) is 0 Å². The van der Waals surface area contributed by atoms with Crippen molar-refractivity contribution in [2.24, 2.45) is 5.41 Å². The van der Waals surface area contributed by atoms with Crippen LogP contribution in [-0.2, 0) is 4.74 Å². The van der Waals surface area contributed by atoms with Crippen molar-refractivity contribution in [1.82, 2.24) is 4.98 Å². The summed E-state index contributed by atoms with van der Waals surface area (Å²) in [6.45, 7) is 3.67. The number of hydrogen-bond acceptors (Lipinski definition) is 4. The molecule has 1 N–H and O–H groups in total. The average Bonchev–Trinajstić information content (AvgIpc) is 2.49. The van der Waals surface area contributed by atoms with Gasteiger partial charge in [-0.1, -0.05) is 6.07 Å². The maximum Gasteiger partial charge on any atom is 0.354 e. The number of anilines is 1. The Morgan fingerprint density at radius 3 is 2.55 bits per heavy atom. The van der Waals surface area contributed by atoms with E-state index in [1.54, 1.807) is 6.07 Å². The summed E-state index contributed by atoms with van der Waals surface area (Å²) in [5.74, 6) is -0.184. The van der Waals surface area contributed by atoms with E-state index in [4.69, 9.17) is 9.84 Å². The number of piperidine rings is 1. The van der Waals surface area contributed by atoms with Gasteiger partial charge in [0.2, 0.25) is 0 Å². The van der Waals surface area contributed by atoms with E-state index in [2.05, 4.69) is 9.88 Å².